The highest BCUT2D eigenvalue weighted by Crippen LogP contribution is 2.25. The van der Waals surface area contributed by atoms with E-state index in [9.17, 15) is 9.18 Å². The lowest BCUT2D eigenvalue weighted by atomic mass is 9.92. The molecular formula is C14H13FN2O. The number of benzene rings is 1. The van der Waals surface area contributed by atoms with Crippen molar-refractivity contribution in [2.45, 2.75) is 25.7 Å². The zero-order valence-corrected chi connectivity index (χ0v) is 9.87. The largest absolute Gasteiger partial charge is 0.322 e. The molecule has 0 aliphatic heterocycles. The number of amides is 1. The first-order valence-corrected chi connectivity index (χ1v) is 5.90. The van der Waals surface area contributed by atoms with Crippen molar-refractivity contribution < 1.29 is 9.18 Å². The molecule has 1 aliphatic carbocycles. The predicted octanol–water partition coefficient (Wildman–Crippen LogP) is 3.16. The minimum absolute atomic E-state index is 0.252. The number of nitrogens with zero attached hydrogens (tertiary/aromatic N) is 1. The molecule has 0 bridgehead atoms. The minimum atomic E-state index is -0.345. The van der Waals surface area contributed by atoms with Gasteiger partial charge in [-0.3, -0.25) is 4.79 Å². The highest BCUT2D eigenvalue weighted by atomic mass is 19.1. The lowest BCUT2D eigenvalue weighted by Crippen LogP contribution is -2.18. The molecule has 2 rings (SSSR count). The number of nitriles is 1. The molecule has 0 aromatic heterocycles. The molecule has 0 saturated heterocycles. The summed E-state index contributed by atoms with van der Waals surface area (Å²) in [6.07, 6.45) is 3.19. The molecule has 92 valence electrons. The van der Waals surface area contributed by atoms with E-state index < -0.39 is 0 Å². The van der Waals surface area contributed by atoms with Crippen LogP contribution in [0.2, 0.25) is 0 Å². The number of halogens is 1. The van der Waals surface area contributed by atoms with E-state index in [0.29, 0.717) is 29.7 Å². The molecule has 1 N–H and O–H groups in total. The molecule has 1 aliphatic rings. The Morgan fingerprint density at radius 1 is 1.22 bits per heavy atom. The molecular weight excluding hydrogens is 231 g/mol. The zero-order valence-electron chi connectivity index (χ0n) is 9.87. The molecule has 0 spiro atoms. The molecule has 4 heteroatoms. The van der Waals surface area contributed by atoms with Gasteiger partial charge in [0.1, 0.15) is 5.82 Å². The molecule has 1 amide bonds. The van der Waals surface area contributed by atoms with E-state index in [-0.39, 0.29) is 11.7 Å². The third-order valence-corrected chi connectivity index (χ3v) is 2.98. The summed E-state index contributed by atoms with van der Waals surface area (Å²) >= 11 is 0. The van der Waals surface area contributed by atoms with Crippen molar-refractivity contribution in [3.05, 3.63) is 41.2 Å². The van der Waals surface area contributed by atoms with Crippen LogP contribution in [0.5, 0.6) is 0 Å². The molecule has 1 aromatic carbocycles. The number of allylic oxidation sites excluding steroid dienone is 1. The van der Waals surface area contributed by atoms with Gasteiger partial charge in [0.05, 0.1) is 6.07 Å². The van der Waals surface area contributed by atoms with Crippen molar-refractivity contribution in [1.82, 2.24) is 0 Å². The number of rotatable bonds is 2. The molecule has 0 radical (unpaired) electrons. The van der Waals surface area contributed by atoms with Gasteiger partial charge >= 0.3 is 0 Å². The van der Waals surface area contributed by atoms with Crippen LogP contribution in [-0.2, 0) is 4.79 Å². The van der Waals surface area contributed by atoms with Crippen LogP contribution < -0.4 is 5.32 Å². The van der Waals surface area contributed by atoms with Gasteiger partial charge in [0.25, 0.3) is 5.91 Å². The van der Waals surface area contributed by atoms with Crippen molar-refractivity contribution in [1.29, 1.82) is 5.26 Å². The van der Waals surface area contributed by atoms with Gasteiger partial charge in [-0.25, -0.2) is 4.39 Å². The number of anilines is 1. The third kappa shape index (κ3) is 2.75. The van der Waals surface area contributed by atoms with Crippen LogP contribution in [-0.4, -0.2) is 5.91 Å². The van der Waals surface area contributed by atoms with Gasteiger partial charge in [-0.05, 0) is 49.9 Å². The van der Waals surface area contributed by atoms with Gasteiger partial charge < -0.3 is 5.32 Å². The van der Waals surface area contributed by atoms with Gasteiger partial charge in [-0.1, -0.05) is 0 Å². The van der Waals surface area contributed by atoms with Crippen molar-refractivity contribution in [3.63, 3.8) is 0 Å². The zero-order chi connectivity index (χ0) is 13.0. The Morgan fingerprint density at radius 2 is 1.89 bits per heavy atom. The highest BCUT2D eigenvalue weighted by Gasteiger charge is 2.18. The summed E-state index contributed by atoms with van der Waals surface area (Å²) in [5.74, 6) is -0.597. The predicted molar refractivity (Wildman–Crippen MR) is 66.1 cm³/mol. The van der Waals surface area contributed by atoms with Crippen LogP contribution in [0.15, 0.2) is 35.4 Å². The molecule has 1 aromatic rings. The van der Waals surface area contributed by atoms with Crippen LogP contribution in [0.3, 0.4) is 0 Å². The lowest BCUT2D eigenvalue weighted by Gasteiger charge is -2.15. The summed E-state index contributed by atoms with van der Waals surface area (Å²) in [5.41, 5.74) is 1.67. The Morgan fingerprint density at radius 3 is 2.56 bits per heavy atom. The number of nitrogens with one attached hydrogen (secondary N) is 1. The molecule has 18 heavy (non-hydrogen) atoms. The van der Waals surface area contributed by atoms with E-state index in [4.69, 9.17) is 5.26 Å². The Bertz CT molecular complexity index is 526. The molecule has 0 atom stereocenters. The maximum absolute atomic E-state index is 12.7. The summed E-state index contributed by atoms with van der Waals surface area (Å²) in [6, 6.07) is 7.67. The molecule has 0 saturated carbocycles. The Hall–Kier alpha value is -2.15. The van der Waals surface area contributed by atoms with E-state index in [0.717, 1.165) is 12.8 Å². The van der Waals surface area contributed by atoms with Gasteiger partial charge in [-0.15, -0.1) is 0 Å². The van der Waals surface area contributed by atoms with Crippen LogP contribution in [0, 0.1) is 17.1 Å². The molecule has 0 unspecified atom stereocenters. The normalized spacial score (nSPS) is 15.1. The van der Waals surface area contributed by atoms with Gasteiger partial charge in [0.15, 0.2) is 0 Å². The molecule has 0 fully saturated rings. The Balaban J connectivity index is 2.15. The van der Waals surface area contributed by atoms with Crippen LogP contribution in [0.25, 0.3) is 0 Å². The van der Waals surface area contributed by atoms with Gasteiger partial charge in [0.2, 0.25) is 0 Å². The summed E-state index contributed by atoms with van der Waals surface area (Å²) in [6.45, 7) is 0. The smallest absolute Gasteiger partial charge is 0.252 e. The minimum Gasteiger partial charge on any atom is -0.322 e. The monoisotopic (exact) mass is 244 g/mol. The Labute approximate surface area is 105 Å². The van der Waals surface area contributed by atoms with Crippen molar-refractivity contribution >= 4 is 11.6 Å². The number of carbonyl (C=O) groups excluding carboxylic acids is 1. The average Bonchev–Trinajstić information content (AvgIpc) is 2.41. The van der Waals surface area contributed by atoms with E-state index in [1.54, 1.807) is 0 Å². The van der Waals surface area contributed by atoms with E-state index in [2.05, 4.69) is 11.4 Å². The summed E-state index contributed by atoms with van der Waals surface area (Å²) in [4.78, 5) is 12.0. The quantitative estimate of drug-likeness (QED) is 0.868. The van der Waals surface area contributed by atoms with Crippen LogP contribution >= 0.6 is 0 Å². The SMILES string of the molecule is N#CC1=C(C(=O)Nc2ccc(F)cc2)CCCC1. The topological polar surface area (TPSA) is 52.9 Å². The maximum Gasteiger partial charge on any atom is 0.252 e. The lowest BCUT2D eigenvalue weighted by molar-refractivity contribution is -0.113. The second-order valence-electron chi connectivity index (χ2n) is 4.24. The molecule has 3 nitrogen and oxygen atoms in total. The van der Waals surface area contributed by atoms with Crippen LogP contribution in [0.1, 0.15) is 25.7 Å². The standard InChI is InChI=1S/C14H13FN2O/c15-11-5-7-12(8-6-11)17-14(18)13-4-2-1-3-10(13)9-16/h5-8H,1-4H2,(H,17,18). The second-order valence-corrected chi connectivity index (χ2v) is 4.24. The molecule has 0 heterocycles. The van der Waals surface area contributed by atoms with Gasteiger partial charge in [-0.2, -0.15) is 5.26 Å². The fourth-order valence-electron chi connectivity index (χ4n) is 2.02. The van der Waals surface area contributed by atoms with E-state index in [1.165, 1.54) is 24.3 Å². The van der Waals surface area contributed by atoms with Gasteiger partial charge in [0, 0.05) is 16.8 Å². The summed E-state index contributed by atoms with van der Waals surface area (Å²) < 4.78 is 12.7. The summed E-state index contributed by atoms with van der Waals surface area (Å²) in [7, 11) is 0. The fourth-order valence-corrected chi connectivity index (χ4v) is 2.02. The fraction of sp³-hybridized carbons (Fsp3) is 0.286. The van der Waals surface area contributed by atoms with Crippen molar-refractivity contribution in [3.8, 4) is 6.07 Å². The number of hydrogen-bond donors (Lipinski definition) is 1. The Kier molecular flexibility index (Phi) is 3.73. The number of hydrogen-bond acceptors (Lipinski definition) is 2. The van der Waals surface area contributed by atoms with Crippen molar-refractivity contribution in [2.24, 2.45) is 0 Å². The van der Waals surface area contributed by atoms with Crippen LogP contribution in [0.4, 0.5) is 10.1 Å². The summed E-state index contributed by atoms with van der Waals surface area (Å²) in [5, 5.41) is 11.7. The first-order valence-electron chi connectivity index (χ1n) is 5.90. The second kappa shape index (κ2) is 5.46. The first kappa shape index (κ1) is 12.3. The van der Waals surface area contributed by atoms with Crippen molar-refractivity contribution in [2.75, 3.05) is 5.32 Å². The maximum atomic E-state index is 12.7. The highest BCUT2D eigenvalue weighted by molar-refractivity contribution is 6.04. The first-order chi connectivity index (χ1) is 8.70. The third-order valence-electron chi connectivity index (χ3n) is 2.98. The number of carbonyl (C=O) groups is 1. The van der Waals surface area contributed by atoms with E-state index >= 15 is 0 Å². The van der Waals surface area contributed by atoms with E-state index in [1.807, 2.05) is 0 Å². The average molecular weight is 244 g/mol.